The molecule has 5 nitrogen and oxygen atoms in total. The first-order chi connectivity index (χ1) is 9.31. The number of amidine groups is 1. The summed E-state index contributed by atoms with van der Waals surface area (Å²) in [4.78, 5) is 4.08. The molecule has 0 radical (unpaired) electrons. The number of rotatable bonds is 4. The molecule has 2 rings (SSSR count). The van der Waals surface area contributed by atoms with Crippen LogP contribution in [-0.4, -0.2) is 24.1 Å². The monoisotopic (exact) mass is 254 g/mol. The lowest BCUT2D eigenvalue weighted by Gasteiger charge is -2.01. The quantitative estimate of drug-likeness (QED) is 0.514. The van der Waals surface area contributed by atoms with E-state index in [4.69, 9.17) is 10.5 Å². The fourth-order valence-corrected chi connectivity index (χ4v) is 1.49. The highest BCUT2D eigenvalue weighted by Crippen LogP contribution is 2.14. The van der Waals surface area contributed by atoms with Gasteiger partial charge in [0.05, 0.1) is 13.3 Å². The Bertz CT molecular complexity index is 593. The summed E-state index contributed by atoms with van der Waals surface area (Å²) in [5.74, 6) is 1.00. The van der Waals surface area contributed by atoms with Crippen molar-refractivity contribution >= 4 is 12.1 Å². The maximum atomic E-state index is 5.77. The molecule has 0 aliphatic rings. The Morgan fingerprint density at radius 1 is 1.21 bits per heavy atom. The zero-order valence-corrected chi connectivity index (χ0v) is 10.5. The number of hydrogen-bond donors (Lipinski definition) is 1. The van der Waals surface area contributed by atoms with Crippen LogP contribution in [-0.2, 0) is 0 Å². The summed E-state index contributed by atoms with van der Waals surface area (Å²) in [6.07, 6.45) is 3.25. The number of ether oxygens (including phenoxy) is 1. The zero-order chi connectivity index (χ0) is 13.5. The van der Waals surface area contributed by atoms with Gasteiger partial charge in [-0.15, -0.1) is 5.10 Å². The van der Waals surface area contributed by atoms with Crippen LogP contribution in [0.3, 0.4) is 0 Å². The summed E-state index contributed by atoms with van der Waals surface area (Å²) >= 11 is 0. The minimum Gasteiger partial charge on any atom is -0.496 e. The molecule has 0 aliphatic heterocycles. The number of pyridine rings is 1. The number of para-hydroxylation sites is 1. The van der Waals surface area contributed by atoms with Crippen LogP contribution >= 0.6 is 0 Å². The number of nitrogens with zero attached hydrogens (tertiary/aromatic N) is 3. The van der Waals surface area contributed by atoms with Gasteiger partial charge in [0.15, 0.2) is 5.84 Å². The highest BCUT2D eigenvalue weighted by molar-refractivity contribution is 5.96. The van der Waals surface area contributed by atoms with Gasteiger partial charge in [0, 0.05) is 11.8 Å². The van der Waals surface area contributed by atoms with Crippen molar-refractivity contribution < 1.29 is 4.74 Å². The first-order valence-electron chi connectivity index (χ1n) is 5.72. The van der Waals surface area contributed by atoms with Gasteiger partial charge in [-0.05, 0) is 24.3 Å². The van der Waals surface area contributed by atoms with Crippen molar-refractivity contribution in [1.82, 2.24) is 4.98 Å². The van der Waals surface area contributed by atoms with Gasteiger partial charge in [0.25, 0.3) is 0 Å². The number of methoxy groups -OCH3 is 1. The summed E-state index contributed by atoms with van der Waals surface area (Å²) in [5, 5.41) is 7.86. The average Bonchev–Trinajstić information content (AvgIpc) is 2.48. The second-order valence-corrected chi connectivity index (χ2v) is 3.69. The molecule has 2 N–H and O–H groups in total. The molecule has 0 fully saturated rings. The molecule has 1 heterocycles. The number of benzene rings is 1. The van der Waals surface area contributed by atoms with Crippen LogP contribution in [0.4, 0.5) is 0 Å². The molecular formula is C14H14N4O. The Kier molecular flexibility index (Phi) is 4.23. The maximum Gasteiger partial charge on any atom is 0.171 e. The Hall–Kier alpha value is -2.69. The molecule has 0 atom stereocenters. The summed E-state index contributed by atoms with van der Waals surface area (Å²) in [6.45, 7) is 0. The zero-order valence-electron chi connectivity index (χ0n) is 10.5. The topological polar surface area (TPSA) is 72.9 Å². The molecule has 96 valence electrons. The van der Waals surface area contributed by atoms with Crippen LogP contribution in [0.15, 0.2) is 58.9 Å². The van der Waals surface area contributed by atoms with Crippen molar-refractivity contribution in [2.45, 2.75) is 0 Å². The smallest absolute Gasteiger partial charge is 0.171 e. The van der Waals surface area contributed by atoms with E-state index in [1.807, 2.05) is 36.4 Å². The van der Waals surface area contributed by atoms with Gasteiger partial charge < -0.3 is 10.5 Å². The molecule has 5 heteroatoms. The first-order valence-corrected chi connectivity index (χ1v) is 5.72. The van der Waals surface area contributed by atoms with E-state index in [9.17, 15) is 0 Å². The summed E-state index contributed by atoms with van der Waals surface area (Å²) in [7, 11) is 1.61. The molecule has 2 aromatic rings. The predicted molar refractivity (Wildman–Crippen MR) is 75.5 cm³/mol. The molecule has 0 spiro atoms. The van der Waals surface area contributed by atoms with Gasteiger partial charge in [-0.2, -0.15) is 5.10 Å². The molecular weight excluding hydrogens is 240 g/mol. The molecule has 1 aromatic carbocycles. The van der Waals surface area contributed by atoms with Crippen LogP contribution in [0.25, 0.3) is 0 Å². The van der Waals surface area contributed by atoms with Crippen LogP contribution in [0.5, 0.6) is 5.75 Å². The largest absolute Gasteiger partial charge is 0.496 e. The molecule has 0 saturated heterocycles. The molecule has 1 aromatic heterocycles. The lowest BCUT2D eigenvalue weighted by Crippen LogP contribution is -2.14. The standard InChI is InChI=1S/C14H14N4O/c1-19-13-8-3-2-6-11(13)10-17-18-14(15)12-7-4-5-9-16-12/h2-10H,1H3,(H2,15,18). The summed E-state index contributed by atoms with van der Waals surface area (Å²) < 4.78 is 5.20. The normalized spacial score (nSPS) is 11.7. The van der Waals surface area contributed by atoms with E-state index in [-0.39, 0.29) is 5.84 Å². The molecule has 0 bridgehead atoms. The lowest BCUT2D eigenvalue weighted by atomic mass is 10.2. The van der Waals surface area contributed by atoms with E-state index >= 15 is 0 Å². The number of hydrogen-bond acceptors (Lipinski definition) is 4. The third-order valence-corrected chi connectivity index (χ3v) is 2.43. The molecule has 0 amide bonds. The van der Waals surface area contributed by atoms with Crippen molar-refractivity contribution in [3.8, 4) is 5.75 Å². The van der Waals surface area contributed by atoms with Gasteiger partial charge >= 0.3 is 0 Å². The Morgan fingerprint density at radius 3 is 2.74 bits per heavy atom. The van der Waals surface area contributed by atoms with Gasteiger partial charge in [-0.3, -0.25) is 4.98 Å². The minimum absolute atomic E-state index is 0.270. The van der Waals surface area contributed by atoms with Crippen molar-refractivity contribution in [3.05, 3.63) is 59.9 Å². The third-order valence-electron chi connectivity index (χ3n) is 2.43. The van der Waals surface area contributed by atoms with Crippen molar-refractivity contribution in [3.63, 3.8) is 0 Å². The fraction of sp³-hybridized carbons (Fsp3) is 0.0714. The summed E-state index contributed by atoms with van der Waals surface area (Å²) in [5.41, 5.74) is 7.20. The molecule has 19 heavy (non-hydrogen) atoms. The van der Waals surface area contributed by atoms with Crippen LogP contribution < -0.4 is 10.5 Å². The first kappa shape index (κ1) is 12.8. The van der Waals surface area contributed by atoms with E-state index in [0.29, 0.717) is 5.69 Å². The van der Waals surface area contributed by atoms with Gasteiger partial charge in [-0.25, -0.2) is 0 Å². The average molecular weight is 254 g/mol. The van der Waals surface area contributed by atoms with E-state index in [2.05, 4.69) is 15.2 Å². The summed E-state index contributed by atoms with van der Waals surface area (Å²) in [6, 6.07) is 13.0. The molecule has 0 saturated carbocycles. The SMILES string of the molecule is COc1ccccc1C=NN=C(N)c1ccccn1. The minimum atomic E-state index is 0.270. The predicted octanol–water partition coefficient (Wildman–Crippen LogP) is 1.83. The van der Waals surface area contributed by atoms with Crippen molar-refractivity contribution in [1.29, 1.82) is 0 Å². The third kappa shape index (κ3) is 3.38. The molecule has 0 unspecified atom stereocenters. The highest BCUT2D eigenvalue weighted by atomic mass is 16.5. The van der Waals surface area contributed by atoms with Gasteiger partial charge in [0.2, 0.25) is 0 Å². The molecule has 0 aliphatic carbocycles. The maximum absolute atomic E-state index is 5.77. The van der Waals surface area contributed by atoms with Gasteiger partial charge in [-0.1, -0.05) is 18.2 Å². The second-order valence-electron chi connectivity index (χ2n) is 3.69. The number of nitrogens with two attached hydrogens (primary N) is 1. The lowest BCUT2D eigenvalue weighted by molar-refractivity contribution is 0.414. The van der Waals surface area contributed by atoms with E-state index < -0.39 is 0 Å². The van der Waals surface area contributed by atoms with Crippen LogP contribution in [0.2, 0.25) is 0 Å². The van der Waals surface area contributed by atoms with E-state index in [1.54, 1.807) is 25.6 Å². The second kappa shape index (κ2) is 6.30. The van der Waals surface area contributed by atoms with E-state index in [1.165, 1.54) is 0 Å². The highest BCUT2D eigenvalue weighted by Gasteiger charge is 1.98. The fourth-order valence-electron chi connectivity index (χ4n) is 1.49. The van der Waals surface area contributed by atoms with Crippen molar-refractivity contribution in [2.24, 2.45) is 15.9 Å². The van der Waals surface area contributed by atoms with Crippen LogP contribution in [0, 0.1) is 0 Å². The Labute approximate surface area is 111 Å². The Balaban J connectivity index is 2.15. The van der Waals surface area contributed by atoms with E-state index in [0.717, 1.165) is 11.3 Å². The van der Waals surface area contributed by atoms with Crippen LogP contribution in [0.1, 0.15) is 11.3 Å². The Morgan fingerprint density at radius 2 is 2.00 bits per heavy atom. The van der Waals surface area contributed by atoms with Crippen molar-refractivity contribution in [2.75, 3.05) is 7.11 Å². The number of aromatic nitrogens is 1. The van der Waals surface area contributed by atoms with Gasteiger partial charge in [0.1, 0.15) is 11.4 Å².